The Kier molecular flexibility index (Phi) is 2.79. The molecular weight excluding hydrogens is 218 g/mol. The Morgan fingerprint density at radius 1 is 1.41 bits per heavy atom. The summed E-state index contributed by atoms with van der Waals surface area (Å²) in [6, 6.07) is 5.24. The second-order valence-electron chi connectivity index (χ2n) is 4.43. The summed E-state index contributed by atoms with van der Waals surface area (Å²) >= 11 is 0. The van der Waals surface area contributed by atoms with E-state index in [1.807, 2.05) is 24.6 Å². The number of phenols is 1. The number of nitrogens with zero attached hydrogens (tertiary/aromatic N) is 1. The van der Waals surface area contributed by atoms with Crippen LogP contribution in [0.15, 0.2) is 24.4 Å². The van der Waals surface area contributed by atoms with Crippen LogP contribution in [0.4, 0.5) is 0 Å². The van der Waals surface area contributed by atoms with Crippen LogP contribution in [0, 0.1) is 0 Å². The summed E-state index contributed by atoms with van der Waals surface area (Å²) in [7, 11) is 0. The monoisotopic (exact) mass is 233 g/mol. The number of fused-ring (bicyclic) bond motifs is 1. The Bertz CT molecular complexity index is 569. The van der Waals surface area contributed by atoms with Gasteiger partial charge in [-0.2, -0.15) is 0 Å². The van der Waals surface area contributed by atoms with Gasteiger partial charge in [-0.05, 0) is 31.5 Å². The first-order valence-corrected chi connectivity index (χ1v) is 5.53. The highest BCUT2D eigenvalue weighted by molar-refractivity contribution is 5.88. The molecule has 2 aromatic rings. The van der Waals surface area contributed by atoms with Gasteiger partial charge in [0.05, 0.1) is 11.9 Å². The van der Waals surface area contributed by atoms with Gasteiger partial charge in [0.15, 0.2) is 0 Å². The zero-order valence-corrected chi connectivity index (χ0v) is 9.84. The van der Waals surface area contributed by atoms with Crippen molar-refractivity contribution in [3.8, 4) is 5.75 Å². The van der Waals surface area contributed by atoms with Crippen molar-refractivity contribution in [3.05, 3.63) is 30.0 Å². The predicted octanol–water partition coefficient (Wildman–Crippen LogP) is 2.55. The molecule has 2 rings (SSSR count). The first kappa shape index (κ1) is 11.5. The van der Waals surface area contributed by atoms with Gasteiger partial charge >= 0.3 is 5.97 Å². The fourth-order valence-corrected chi connectivity index (χ4v) is 2.04. The summed E-state index contributed by atoms with van der Waals surface area (Å²) in [4.78, 5) is 10.8. The highest BCUT2D eigenvalue weighted by Gasteiger charge is 2.13. The molecule has 4 nitrogen and oxygen atoms in total. The molecule has 0 atom stereocenters. The van der Waals surface area contributed by atoms with Crippen LogP contribution in [0.3, 0.4) is 0 Å². The van der Waals surface area contributed by atoms with E-state index in [0.29, 0.717) is 0 Å². The Morgan fingerprint density at radius 3 is 2.71 bits per heavy atom. The predicted molar refractivity (Wildman–Crippen MR) is 65.3 cm³/mol. The molecule has 2 N–H and O–H groups in total. The number of carboxylic acids is 1. The van der Waals surface area contributed by atoms with Gasteiger partial charge in [0.1, 0.15) is 5.75 Å². The molecule has 0 unspecified atom stereocenters. The van der Waals surface area contributed by atoms with Crippen molar-refractivity contribution in [2.45, 2.75) is 26.3 Å². The van der Waals surface area contributed by atoms with E-state index in [0.717, 1.165) is 16.5 Å². The number of aromatic hydroxyl groups is 1. The lowest BCUT2D eigenvalue weighted by atomic mass is 10.1. The van der Waals surface area contributed by atoms with Crippen LogP contribution in [-0.2, 0) is 11.2 Å². The highest BCUT2D eigenvalue weighted by Crippen LogP contribution is 2.28. The lowest BCUT2D eigenvalue weighted by molar-refractivity contribution is -0.136. The molecule has 1 heterocycles. The fraction of sp³-hybridized carbons (Fsp3) is 0.308. The molecule has 90 valence electrons. The van der Waals surface area contributed by atoms with Crippen LogP contribution in [0.25, 0.3) is 10.9 Å². The standard InChI is InChI=1S/C13H15NO3/c1-8(2)14-7-9(5-13(16)17)11-4-3-10(15)6-12(11)14/h3-4,6-8,15H,5H2,1-2H3,(H,16,17). The van der Waals surface area contributed by atoms with E-state index in [2.05, 4.69) is 0 Å². The van der Waals surface area contributed by atoms with Gasteiger partial charge in [-0.1, -0.05) is 0 Å². The molecule has 0 spiro atoms. The average molecular weight is 233 g/mol. The molecule has 0 amide bonds. The number of hydrogen-bond donors (Lipinski definition) is 2. The maximum atomic E-state index is 10.8. The summed E-state index contributed by atoms with van der Waals surface area (Å²) < 4.78 is 1.98. The van der Waals surface area contributed by atoms with Crippen molar-refractivity contribution in [2.75, 3.05) is 0 Å². The van der Waals surface area contributed by atoms with E-state index in [-0.39, 0.29) is 18.2 Å². The molecule has 0 fully saturated rings. The molecule has 0 saturated carbocycles. The zero-order chi connectivity index (χ0) is 12.6. The van der Waals surface area contributed by atoms with E-state index >= 15 is 0 Å². The summed E-state index contributed by atoms with van der Waals surface area (Å²) in [6.07, 6.45) is 1.85. The quantitative estimate of drug-likeness (QED) is 0.856. The zero-order valence-electron chi connectivity index (χ0n) is 9.84. The summed E-state index contributed by atoms with van der Waals surface area (Å²) in [5.74, 6) is -0.653. The van der Waals surface area contributed by atoms with Crippen molar-refractivity contribution in [1.29, 1.82) is 0 Å². The largest absolute Gasteiger partial charge is 0.508 e. The number of benzene rings is 1. The molecule has 1 aromatic carbocycles. The summed E-state index contributed by atoms with van der Waals surface area (Å²) in [6.45, 7) is 4.04. The van der Waals surface area contributed by atoms with E-state index in [1.165, 1.54) is 0 Å². The third-order valence-corrected chi connectivity index (χ3v) is 2.80. The Balaban J connectivity index is 2.66. The number of carbonyl (C=O) groups is 1. The molecule has 0 aliphatic carbocycles. The molecule has 4 heteroatoms. The van der Waals surface area contributed by atoms with Crippen LogP contribution < -0.4 is 0 Å². The van der Waals surface area contributed by atoms with E-state index < -0.39 is 5.97 Å². The van der Waals surface area contributed by atoms with Crippen LogP contribution in [0.5, 0.6) is 5.75 Å². The summed E-state index contributed by atoms with van der Waals surface area (Å²) in [5, 5.41) is 19.3. The topological polar surface area (TPSA) is 62.5 Å². The third kappa shape index (κ3) is 2.11. The molecule has 0 radical (unpaired) electrons. The smallest absolute Gasteiger partial charge is 0.307 e. The normalized spacial score (nSPS) is 11.2. The molecule has 0 aliphatic heterocycles. The summed E-state index contributed by atoms with van der Waals surface area (Å²) in [5.41, 5.74) is 1.65. The Labute approximate surface area is 99.1 Å². The van der Waals surface area contributed by atoms with Gasteiger partial charge in [0, 0.05) is 23.7 Å². The van der Waals surface area contributed by atoms with Gasteiger partial charge in [-0.15, -0.1) is 0 Å². The van der Waals surface area contributed by atoms with Crippen molar-refractivity contribution >= 4 is 16.9 Å². The highest BCUT2D eigenvalue weighted by atomic mass is 16.4. The van der Waals surface area contributed by atoms with E-state index in [9.17, 15) is 9.90 Å². The fourth-order valence-electron chi connectivity index (χ4n) is 2.04. The molecule has 17 heavy (non-hydrogen) atoms. The van der Waals surface area contributed by atoms with Crippen molar-refractivity contribution in [2.24, 2.45) is 0 Å². The van der Waals surface area contributed by atoms with E-state index in [1.54, 1.807) is 18.2 Å². The number of aliphatic carboxylic acids is 1. The lowest BCUT2D eigenvalue weighted by Crippen LogP contribution is -2.00. The number of hydrogen-bond acceptors (Lipinski definition) is 2. The van der Waals surface area contributed by atoms with Gasteiger partial charge in [0.25, 0.3) is 0 Å². The van der Waals surface area contributed by atoms with Crippen molar-refractivity contribution in [3.63, 3.8) is 0 Å². The first-order chi connectivity index (χ1) is 7.99. The number of rotatable bonds is 3. The molecular formula is C13H15NO3. The molecule has 0 aliphatic rings. The van der Waals surface area contributed by atoms with Crippen molar-refractivity contribution in [1.82, 2.24) is 4.57 Å². The second kappa shape index (κ2) is 4.13. The first-order valence-electron chi connectivity index (χ1n) is 5.53. The second-order valence-corrected chi connectivity index (χ2v) is 4.43. The maximum absolute atomic E-state index is 10.8. The van der Waals surface area contributed by atoms with E-state index in [4.69, 9.17) is 5.11 Å². The minimum atomic E-state index is -0.846. The minimum absolute atomic E-state index is 0.000987. The molecule has 0 bridgehead atoms. The molecule has 0 saturated heterocycles. The third-order valence-electron chi connectivity index (χ3n) is 2.80. The van der Waals surface area contributed by atoms with Gasteiger partial charge < -0.3 is 14.8 Å². The van der Waals surface area contributed by atoms with Crippen molar-refractivity contribution < 1.29 is 15.0 Å². The molecule has 1 aromatic heterocycles. The maximum Gasteiger partial charge on any atom is 0.307 e. The SMILES string of the molecule is CC(C)n1cc(CC(=O)O)c2ccc(O)cc21. The number of aromatic nitrogens is 1. The van der Waals surface area contributed by atoms with Crippen LogP contribution in [0.2, 0.25) is 0 Å². The average Bonchev–Trinajstić information content (AvgIpc) is 2.55. The number of phenolic OH excluding ortho intramolecular Hbond substituents is 1. The van der Waals surface area contributed by atoms with Crippen LogP contribution in [0.1, 0.15) is 25.5 Å². The van der Waals surface area contributed by atoms with Gasteiger partial charge in [-0.25, -0.2) is 0 Å². The minimum Gasteiger partial charge on any atom is -0.508 e. The van der Waals surface area contributed by atoms with Crippen LogP contribution in [-0.4, -0.2) is 20.7 Å². The number of carboxylic acid groups (broad SMARTS) is 1. The van der Waals surface area contributed by atoms with Crippen LogP contribution >= 0.6 is 0 Å². The Hall–Kier alpha value is -1.97. The Morgan fingerprint density at radius 2 is 2.12 bits per heavy atom. The lowest BCUT2D eigenvalue weighted by Gasteiger charge is -2.08. The van der Waals surface area contributed by atoms with Gasteiger partial charge in [-0.3, -0.25) is 4.79 Å². The van der Waals surface area contributed by atoms with Gasteiger partial charge in [0.2, 0.25) is 0 Å².